The second-order valence-corrected chi connectivity index (χ2v) is 3.76. The highest BCUT2D eigenvalue weighted by atomic mass is 16.2. The zero-order valence-electron chi connectivity index (χ0n) is 9.34. The lowest BCUT2D eigenvalue weighted by molar-refractivity contribution is -0.134. The van der Waals surface area contributed by atoms with Crippen molar-refractivity contribution >= 4 is 17.8 Å². The van der Waals surface area contributed by atoms with Gasteiger partial charge in [0.2, 0.25) is 11.8 Å². The van der Waals surface area contributed by atoms with Crippen molar-refractivity contribution in [1.82, 2.24) is 16.0 Å². The highest BCUT2D eigenvalue weighted by Gasteiger charge is 2.27. The molecule has 1 rings (SSSR count). The monoisotopic (exact) mass is 227 g/mol. The van der Waals surface area contributed by atoms with Crippen LogP contribution in [0, 0.1) is 0 Å². The van der Waals surface area contributed by atoms with Gasteiger partial charge in [-0.3, -0.25) is 14.9 Å². The fourth-order valence-electron chi connectivity index (χ4n) is 1.42. The van der Waals surface area contributed by atoms with E-state index < -0.39 is 11.9 Å². The van der Waals surface area contributed by atoms with Crippen molar-refractivity contribution in [3.05, 3.63) is 0 Å². The van der Waals surface area contributed by atoms with Crippen LogP contribution in [0.1, 0.15) is 32.6 Å². The summed E-state index contributed by atoms with van der Waals surface area (Å²) in [7, 11) is 0. The van der Waals surface area contributed by atoms with E-state index in [0.29, 0.717) is 13.0 Å². The summed E-state index contributed by atoms with van der Waals surface area (Å²) in [6.07, 6.45) is 2.54. The van der Waals surface area contributed by atoms with Gasteiger partial charge in [0.15, 0.2) is 0 Å². The van der Waals surface area contributed by atoms with Crippen LogP contribution in [0.15, 0.2) is 0 Å². The molecule has 0 aromatic heterocycles. The molecule has 0 aromatic rings. The molecule has 1 fully saturated rings. The Balaban J connectivity index is 2.28. The molecule has 0 spiro atoms. The van der Waals surface area contributed by atoms with Crippen LogP contribution in [0.4, 0.5) is 4.79 Å². The lowest BCUT2D eigenvalue weighted by Crippen LogP contribution is -2.54. The minimum atomic E-state index is -0.598. The minimum absolute atomic E-state index is 0.269. The quantitative estimate of drug-likeness (QED) is 0.462. The molecule has 0 radical (unpaired) electrons. The van der Waals surface area contributed by atoms with Crippen molar-refractivity contribution in [3.63, 3.8) is 0 Å². The molecule has 1 unspecified atom stereocenters. The van der Waals surface area contributed by atoms with Crippen molar-refractivity contribution in [3.8, 4) is 0 Å². The SMILES string of the molecule is CCCCNC(=O)NC1CCC(=O)NC1=O. The minimum Gasteiger partial charge on any atom is -0.338 e. The maximum Gasteiger partial charge on any atom is 0.315 e. The maximum atomic E-state index is 11.3. The average Bonchev–Trinajstić information content (AvgIpc) is 2.23. The first-order chi connectivity index (χ1) is 7.63. The number of carbonyl (C=O) groups is 3. The van der Waals surface area contributed by atoms with Crippen molar-refractivity contribution < 1.29 is 14.4 Å². The first-order valence-corrected chi connectivity index (χ1v) is 5.51. The summed E-state index contributed by atoms with van der Waals surface area (Å²) in [5.74, 6) is -0.712. The fourth-order valence-corrected chi connectivity index (χ4v) is 1.42. The maximum absolute atomic E-state index is 11.3. The van der Waals surface area contributed by atoms with Crippen LogP contribution in [0.2, 0.25) is 0 Å². The fraction of sp³-hybridized carbons (Fsp3) is 0.700. The number of hydrogen-bond donors (Lipinski definition) is 3. The van der Waals surface area contributed by atoms with E-state index in [1.54, 1.807) is 0 Å². The van der Waals surface area contributed by atoms with Gasteiger partial charge in [-0.2, -0.15) is 0 Å². The molecule has 1 atom stereocenters. The summed E-state index contributed by atoms with van der Waals surface area (Å²) in [6, 6.07) is -0.956. The Hall–Kier alpha value is -1.59. The molecule has 1 aliphatic heterocycles. The Kier molecular flexibility index (Phi) is 4.75. The molecule has 0 saturated carbocycles. The van der Waals surface area contributed by atoms with Gasteiger partial charge in [0, 0.05) is 13.0 Å². The molecule has 0 aromatic carbocycles. The second-order valence-electron chi connectivity index (χ2n) is 3.76. The lowest BCUT2D eigenvalue weighted by Gasteiger charge is -2.21. The Morgan fingerprint density at radius 1 is 1.50 bits per heavy atom. The van der Waals surface area contributed by atoms with Crippen LogP contribution in [0.5, 0.6) is 0 Å². The van der Waals surface area contributed by atoms with Gasteiger partial charge in [0.1, 0.15) is 6.04 Å². The molecule has 1 saturated heterocycles. The summed E-state index contributed by atoms with van der Waals surface area (Å²) in [5, 5.41) is 7.36. The van der Waals surface area contributed by atoms with E-state index in [2.05, 4.69) is 16.0 Å². The molecular formula is C10H17N3O3. The number of imide groups is 1. The van der Waals surface area contributed by atoms with E-state index in [0.717, 1.165) is 12.8 Å². The predicted octanol–water partition coefficient (Wildman–Crippen LogP) is -0.109. The summed E-state index contributed by atoms with van der Waals surface area (Å²) in [4.78, 5) is 33.5. The molecule has 16 heavy (non-hydrogen) atoms. The van der Waals surface area contributed by atoms with Crippen molar-refractivity contribution in [2.45, 2.75) is 38.6 Å². The number of unbranched alkanes of at least 4 members (excludes halogenated alkanes) is 1. The number of hydrogen-bond acceptors (Lipinski definition) is 3. The number of urea groups is 1. The standard InChI is InChI=1S/C10H17N3O3/c1-2-3-6-11-10(16)12-7-4-5-8(14)13-9(7)15/h7H,2-6H2,1H3,(H2,11,12,16)(H,13,14,15). The molecule has 0 bridgehead atoms. The van der Waals surface area contributed by atoms with Gasteiger partial charge in [-0.1, -0.05) is 13.3 Å². The first kappa shape index (κ1) is 12.5. The Bertz CT molecular complexity index is 291. The molecule has 6 heteroatoms. The zero-order chi connectivity index (χ0) is 12.0. The normalized spacial score (nSPS) is 20.2. The van der Waals surface area contributed by atoms with Gasteiger partial charge < -0.3 is 10.6 Å². The molecule has 1 aliphatic rings. The molecule has 90 valence electrons. The third kappa shape index (κ3) is 3.88. The largest absolute Gasteiger partial charge is 0.338 e. The van der Waals surface area contributed by atoms with Crippen molar-refractivity contribution in [1.29, 1.82) is 0 Å². The summed E-state index contributed by atoms with van der Waals surface area (Å²) in [6.45, 7) is 2.62. The smallest absolute Gasteiger partial charge is 0.315 e. The van der Waals surface area contributed by atoms with E-state index >= 15 is 0 Å². The van der Waals surface area contributed by atoms with Gasteiger partial charge in [0.05, 0.1) is 0 Å². The van der Waals surface area contributed by atoms with Crippen LogP contribution >= 0.6 is 0 Å². The Labute approximate surface area is 94.2 Å². The third-order valence-corrected chi connectivity index (χ3v) is 2.36. The molecule has 6 nitrogen and oxygen atoms in total. The zero-order valence-corrected chi connectivity index (χ0v) is 9.34. The van der Waals surface area contributed by atoms with Crippen LogP contribution in [-0.4, -0.2) is 30.4 Å². The van der Waals surface area contributed by atoms with Gasteiger partial charge in [-0.15, -0.1) is 0 Å². The van der Waals surface area contributed by atoms with E-state index in [1.165, 1.54) is 0 Å². The predicted molar refractivity (Wildman–Crippen MR) is 57.6 cm³/mol. The van der Waals surface area contributed by atoms with E-state index in [1.807, 2.05) is 6.92 Å². The number of amides is 4. The van der Waals surface area contributed by atoms with Gasteiger partial charge >= 0.3 is 6.03 Å². The number of nitrogens with one attached hydrogen (secondary N) is 3. The van der Waals surface area contributed by atoms with E-state index in [4.69, 9.17) is 0 Å². The number of piperidine rings is 1. The van der Waals surface area contributed by atoms with Gasteiger partial charge in [-0.25, -0.2) is 4.79 Å². The second kappa shape index (κ2) is 6.09. The van der Waals surface area contributed by atoms with E-state index in [-0.39, 0.29) is 18.4 Å². The van der Waals surface area contributed by atoms with Crippen molar-refractivity contribution in [2.75, 3.05) is 6.54 Å². The van der Waals surface area contributed by atoms with Crippen LogP contribution in [0.25, 0.3) is 0 Å². The van der Waals surface area contributed by atoms with Crippen LogP contribution < -0.4 is 16.0 Å². The lowest BCUT2D eigenvalue weighted by atomic mass is 10.1. The highest BCUT2D eigenvalue weighted by Crippen LogP contribution is 2.03. The molecule has 4 amide bonds. The average molecular weight is 227 g/mol. The van der Waals surface area contributed by atoms with Crippen molar-refractivity contribution in [2.24, 2.45) is 0 Å². The number of carbonyl (C=O) groups excluding carboxylic acids is 3. The highest BCUT2D eigenvalue weighted by molar-refractivity contribution is 6.01. The Morgan fingerprint density at radius 3 is 2.88 bits per heavy atom. The van der Waals surface area contributed by atoms with E-state index in [9.17, 15) is 14.4 Å². The summed E-state index contributed by atoms with van der Waals surface area (Å²) in [5.41, 5.74) is 0. The van der Waals surface area contributed by atoms with Gasteiger partial charge in [0.25, 0.3) is 0 Å². The molecule has 3 N–H and O–H groups in total. The molecular weight excluding hydrogens is 210 g/mol. The van der Waals surface area contributed by atoms with Crippen LogP contribution in [-0.2, 0) is 9.59 Å². The topological polar surface area (TPSA) is 87.3 Å². The van der Waals surface area contributed by atoms with Crippen LogP contribution in [0.3, 0.4) is 0 Å². The molecule has 0 aliphatic carbocycles. The summed E-state index contributed by atoms with van der Waals surface area (Å²) >= 11 is 0. The van der Waals surface area contributed by atoms with Gasteiger partial charge in [-0.05, 0) is 12.8 Å². The summed E-state index contributed by atoms with van der Waals surface area (Å²) < 4.78 is 0. The number of rotatable bonds is 4. The Morgan fingerprint density at radius 2 is 2.25 bits per heavy atom. The third-order valence-electron chi connectivity index (χ3n) is 2.36. The molecule has 1 heterocycles. The first-order valence-electron chi connectivity index (χ1n) is 5.51.